The maximum absolute atomic E-state index is 13.1. The van der Waals surface area contributed by atoms with Crippen LogP contribution in [0.5, 0.6) is 0 Å². The number of fused-ring (bicyclic) bond motifs is 2. The van der Waals surface area contributed by atoms with Crippen molar-refractivity contribution in [2.24, 2.45) is 0 Å². The smallest absolute Gasteiger partial charge is 0.264 e. The van der Waals surface area contributed by atoms with Crippen LogP contribution >= 0.6 is 0 Å². The first-order valence-corrected chi connectivity index (χ1v) is 14.7. The number of carbonyl (C=O) groups is 6. The van der Waals surface area contributed by atoms with Crippen molar-refractivity contribution in [2.45, 2.75) is 18.9 Å². The number of imide groups is 3. The molecule has 0 saturated carbocycles. The number of ether oxygens (including phenoxy) is 4. The zero-order valence-electron chi connectivity index (χ0n) is 24.6. The summed E-state index contributed by atoms with van der Waals surface area (Å²) in [6.07, 6.45) is 0.155. The molecule has 0 spiro atoms. The van der Waals surface area contributed by atoms with Crippen LogP contribution in [0.3, 0.4) is 0 Å². The minimum atomic E-state index is -1.02. The molecule has 1 unspecified atom stereocenters. The number of piperidine rings is 1. The molecule has 0 aromatic heterocycles. The Labute approximate surface area is 258 Å². The van der Waals surface area contributed by atoms with Gasteiger partial charge in [-0.2, -0.15) is 0 Å². The largest absolute Gasteiger partial charge is 0.382 e. The van der Waals surface area contributed by atoms with E-state index in [2.05, 4.69) is 10.6 Å². The van der Waals surface area contributed by atoms with Crippen molar-refractivity contribution in [1.29, 1.82) is 0 Å². The van der Waals surface area contributed by atoms with E-state index in [-0.39, 0.29) is 48.9 Å². The van der Waals surface area contributed by atoms with Gasteiger partial charge in [0.15, 0.2) is 0 Å². The van der Waals surface area contributed by atoms with Crippen LogP contribution in [0.15, 0.2) is 42.5 Å². The molecule has 14 nitrogen and oxygen atoms in total. The third-order valence-corrected chi connectivity index (χ3v) is 7.48. The van der Waals surface area contributed by atoms with Crippen molar-refractivity contribution in [1.82, 2.24) is 15.1 Å². The maximum Gasteiger partial charge on any atom is 0.264 e. The number of carbonyl (C=O) groups excluding carboxylic acids is 6. The van der Waals surface area contributed by atoms with Gasteiger partial charge in [0.25, 0.3) is 23.6 Å². The van der Waals surface area contributed by atoms with Gasteiger partial charge >= 0.3 is 0 Å². The van der Waals surface area contributed by atoms with Crippen LogP contribution in [-0.4, -0.2) is 117 Å². The second kappa shape index (κ2) is 15.0. The summed E-state index contributed by atoms with van der Waals surface area (Å²) >= 11 is 0. The van der Waals surface area contributed by atoms with Gasteiger partial charge < -0.3 is 24.3 Å². The lowest BCUT2D eigenvalue weighted by atomic mass is 10.0. The molecule has 6 amide bonds. The SMILES string of the molecule is O=C1CCC(N2C(=O)c3cccc(NCCOCCOCCOCCOCCN4C(=O)c5ccccc5C4=O)c3C2=O)C(=O)N1. The first kappa shape index (κ1) is 31.9. The van der Waals surface area contributed by atoms with E-state index < -0.39 is 29.7 Å². The molecule has 5 rings (SSSR count). The number of nitrogens with zero attached hydrogens (tertiary/aromatic N) is 2. The summed E-state index contributed by atoms with van der Waals surface area (Å²) in [7, 11) is 0. The number of rotatable bonds is 17. The molecule has 0 bridgehead atoms. The molecule has 45 heavy (non-hydrogen) atoms. The Balaban J connectivity index is 0.887. The van der Waals surface area contributed by atoms with E-state index in [1.807, 2.05) is 0 Å². The van der Waals surface area contributed by atoms with Crippen molar-refractivity contribution in [2.75, 3.05) is 71.3 Å². The fourth-order valence-corrected chi connectivity index (χ4v) is 5.28. The number of hydrogen-bond acceptors (Lipinski definition) is 11. The average Bonchev–Trinajstić information content (AvgIpc) is 3.43. The van der Waals surface area contributed by atoms with Gasteiger partial charge in [-0.3, -0.25) is 43.9 Å². The minimum Gasteiger partial charge on any atom is -0.382 e. The number of benzene rings is 2. The number of hydrogen-bond donors (Lipinski definition) is 2. The molecule has 2 N–H and O–H groups in total. The normalized spacial score (nSPS) is 17.6. The van der Waals surface area contributed by atoms with Crippen LogP contribution in [0, 0.1) is 0 Å². The summed E-state index contributed by atoms with van der Waals surface area (Å²) in [5.41, 5.74) is 1.70. The highest BCUT2D eigenvalue weighted by Gasteiger charge is 2.45. The molecule has 0 aliphatic carbocycles. The van der Waals surface area contributed by atoms with Gasteiger partial charge in [-0.25, -0.2) is 0 Å². The highest BCUT2D eigenvalue weighted by molar-refractivity contribution is 6.25. The minimum absolute atomic E-state index is 0.0588. The number of nitrogens with one attached hydrogen (secondary N) is 2. The highest BCUT2D eigenvalue weighted by Crippen LogP contribution is 2.32. The summed E-state index contributed by atoms with van der Waals surface area (Å²) in [6, 6.07) is 10.6. The first-order valence-electron chi connectivity index (χ1n) is 14.7. The Hall–Kier alpha value is -4.50. The summed E-state index contributed by atoms with van der Waals surface area (Å²) in [5, 5.41) is 5.30. The lowest BCUT2D eigenvalue weighted by Gasteiger charge is -2.27. The van der Waals surface area contributed by atoms with E-state index in [0.717, 1.165) is 4.90 Å². The van der Waals surface area contributed by atoms with E-state index in [9.17, 15) is 28.8 Å². The summed E-state index contributed by atoms with van der Waals surface area (Å²) in [5.74, 6) is -2.81. The highest BCUT2D eigenvalue weighted by atomic mass is 16.6. The second-order valence-corrected chi connectivity index (χ2v) is 10.4. The number of amides is 6. The predicted octanol–water partition coefficient (Wildman–Crippen LogP) is 0.862. The van der Waals surface area contributed by atoms with Crippen LogP contribution in [0.1, 0.15) is 54.3 Å². The van der Waals surface area contributed by atoms with Gasteiger partial charge in [0.2, 0.25) is 11.8 Å². The standard InChI is InChI=1S/C31H34N4O10/c36-25-9-8-24(27(37)33-25)35-30(40)22-6-3-7-23(26(22)31(35)41)32-10-12-42-14-16-44-18-19-45-17-15-43-13-11-34-28(38)20-4-1-2-5-21(20)29(34)39/h1-7,24,32H,8-19H2,(H,33,36,37). The first-order chi connectivity index (χ1) is 21.9. The van der Waals surface area contributed by atoms with E-state index in [4.69, 9.17) is 18.9 Å². The molecule has 14 heteroatoms. The molecule has 3 aliphatic rings. The Morgan fingerprint density at radius 3 is 1.87 bits per heavy atom. The fraction of sp³-hybridized carbons (Fsp3) is 0.419. The Morgan fingerprint density at radius 1 is 0.667 bits per heavy atom. The molecule has 1 saturated heterocycles. The van der Waals surface area contributed by atoms with Crippen LogP contribution in [-0.2, 0) is 28.5 Å². The molecule has 0 radical (unpaired) electrons. The zero-order chi connectivity index (χ0) is 31.8. The Morgan fingerprint density at radius 2 is 1.24 bits per heavy atom. The van der Waals surface area contributed by atoms with Crippen molar-refractivity contribution in [3.63, 3.8) is 0 Å². The van der Waals surface area contributed by atoms with E-state index in [1.165, 1.54) is 4.90 Å². The van der Waals surface area contributed by atoms with Crippen molar-refractivity contribution < 1.29 is 47.7 Å². The third kappa shape index (κ3) is 7.26. The summed E-state index contributed by atoms with van der Waals surface area (Å²) in [6.45, 7) is 3.18. The van der Waals surface area contributed by atoms with Gasteiger partial charge in [0, 0.05) is 18.7 Å². The van der Waals surface area contributed by atoms with Gasteiger partial charge in [-0.1, -0.05) is 18.2 Å². The van der Waals surface area contributed by atoms with Crippen LogP contribution in [0.25, 0.3) is 0 Å². The maximum atomic E-state index is 13.1. The predicted molar refractivity (Wildman–Crippen MR) is 157 cm³/mol. The lowest BCUT2D eigenvalue weighted by Crippen LogP contribution is -2.54. The summed E-state index contributed by atoms with van der Waals surface area (Å²) < 4.78 is 22.0. The lowest BCUT2D eigenvalue weighted by molar-refractivity contribution is -0.136. The second-order valence-electron chi connectivity index (χ2n) is 10.4. The van der Waals surface area contributed by atoms with Crippen LogP contribution in [0.2, 0.25) is 0 Å². The monoisotopic (exact) mass is 622 g/mol. The topological polar surface area (TPSA) is 170 Å². The van der Waals surface area contributed by atoms with Crippen molar-refractivity contribution in [3.8, 4) is 0 Å². The zero-order valence-corrected chi connectivity index (χ0v) is 24.6. The van der Waals surface area contributed by atoms with E-state index in [1.54, 1.807) is 42.5 Å². The summed E-state index contributed by atoms with van der Waals surface area (Å²) in [4.78, 5) is 76.5. The van der Waals surface area contributed by atoms with E-state index >= 15 is 0 Å². The third-order valence-electron chi connectivity index (χ3n) is 7.48. The van der Waals surface area contributed by atoms with Gasteiger partial charge in [-0.15, -0.1) is 0 Å². The molecule has 1 fully saturated rings. The van der Waals surface area contributed by atoms with Crippen LogP contribution in [0.4, 0.5) is 5.69 Å². The molecule has 3 heterocycles. The molecule has 1 atom stereocenters. The number of anilines is 1. The molecule has 238 valence electrons. The molecule has 3 aliphatic heterocycles. The van der Waals surface area contributed by atoms with Crippen LogP contribution < -0.4 is 10.6 Å². The Kier molecular flexibility index (Phi) is 10.6. The van der Waals surface area contributed by atoms with Gasteiger partial charge in [-0.05, 0) is 30.7 Å². The molecular formula is C31H34N4O10. The quantitative estimate of drug-likeness (QED) is 0.190. The molecule has 2 aromatic carbocycles. The average molecular weight is 623 g/mol. The van der Waals surface area contributed by atoms with E-state index in [0.29, 0.717) is 69.6 Å². The Bertz CT molecular complexity index is 1440. The molecular weight excluding hydrogens is 588 g/mol. The van der Waals surface area contributed by atoms with Crippen molar-refractivity contribution >= 4 is 41.1 Å². The van der Waals surface area contributed by atoms with Gasteiger partial charge in [0.1, 0.15) is 6.04 Å². The van der Waals surface area contributed by atoms with Crippen molar-refractivity contribution in [3.05, 3.63) is 64.7 Å². The molecule has 2 aromatic rings. The van der Waals surface area contributed by atoms with Gasteiger partial charge in [0.05, 0.1) is 81.7 Å². The fourth-order valence-electron chi connectivity index (χ4n) is 5.28.